The number of fused-ring (bicyclic) bond motifs is 3. The van der Waals surface area contributed by atoms with Gasteiger partial charge in [-0.3, -0.25) is 19.2 Å². The van der Waals surface area contributed by atoms with Crippen LogP contribution in [0.1, 0.15) is 12.2 Å². The fourth-order valence-corrected chi connectivity index (χ4v) is 4.74. The molecule has 1 fully saturated rings. The highest BCUT2D eigenvalue weighted by molar-refractivity contribution is 6.29. The first-order chi connectivity index (χ1) is 17.8. The summed E-state index contributed by atoms with van der Waals surface area (Å²) in [6.45, 7) is 0.0597. The van der Waals surface area contributed by atoms with Gasteiger partial charge in [-0.1, -0.05) is 17.7 Å². The number of carbonyl (C=O) groups excluding carboxylic acids is 1. The number of alkyl halides is 5. The standard InChI is InChI=1S/C22H19ClF5N7O3/c1-3-21(22(26,27)28)10-34(13-6-29-16-5-15(23)31-35(16)17(13)21)20(37)30-11-4-14(38-12-8-32(2)9-12)18(36)33(7-11)19(24)25/h3-7,12,19H,1,8-10H2,2H3,(H,30,37)/t21-/m1/s1. The molecule has 0 radical (unpaired) electrons. The third-order valence-corrected chi connectivity index (χ3v) is 6.64. The summed E-state index contributed by atoms with van der Waals surface area (Å²) in [6, 6.07) is 1.20. The number of ether oxygens (including phenoxy) is 1. The van der Waals surface area contributed by atoms with Crippen LogP contribution in [0.3, 0.4) is 0 Å². The zero-order valence-electron chi connectivity index (χ0n) is 19.5. The van der Waals surface area contributed by atoms with E-state index in [2.05, 4.69) is 22.0 Å². The number of likely N-dealkylation sites (tertiary alicyclic amines) is 1. The Morgan fingerprint density at radius 1 is 1.34 bits per heavy atom. The fraction of sp³-hybridized carbons (Fsp3) is 0.364. The Balaban J connectivity index is 1.54. The molecular weight excluding hydrogens is 541 g/mol. The van der Waals surface area contributed by atoms with Crippen molar-refractivity contribution in [3.05, 3.63) is 58.4 Å². The molecule has 0 saturated carbocycles. The molecule has 0 spiro atoms. The summed E-state index contributed by atoms with van der Waals surface area (Å²) >= 11 is 5.89. The molecule has 2 aliphatic heterocycles. The minimum absolute atomic E-state index is 0.0129. The Bertz CT molecular complexity index is 1500. The van der Waals surface area contributed by atoms with Gasteiger partial charge in [-0.05, 0) is 7.05 Å². The van der Waals surface area contributed by atoms with Crippen LogP contribution in [-0.2, 0) is 5.41 Å². The van der Waals surface area contributed by atoms with E-state index in [0.717, 1.165) is 21.7 Å². The molecule has 1 saturated heterocycles. The number of nitrogens with one attached hydrogen (secondary N) is 1. The second-order valence-electron chi connectivity index (χ2n) is 8.96. The Morgan fingerprint density at radius 2 is 2.05 bits per heavy atom. The van der Waals surface area contributed by atoms with Crippen LogP contribution in [0, 0.1) is 0 Å². The molecule has 0 aliphatic carbocycles. The molecule has 2 aliphatic rings. The SMILES string of the molecule is C=C[C@@]1(C(F)(F)F)CN(C(=O)Nc2cc(OC3CN(C)C3)c(=O)n(C(F)F)c2)c2cnc3cc(Cl)nn3c21. The maximum atomic E-state index is 14.5. The van der Waals surface area contributed by atoms with E-state index < -0.39 is 53.8 Å². The number of rotatable bonds is 5. The van der Waals surface area contributed by atoms with Crippen molar-refractivity contribution in [1.29, 1.82) is 0 Å². The first-order valence-corrected chi connectivity index (χ1v) is 11.5. The molecule has 0 aromatic carbocycles. The van der Waals surface area contributed by atoms with Crippen LogP contribution >= 0.6 is 11.6 Å². The molecule has 1 N–H and O–H groups in total. The topological polar surface area (TPSA) is 97.0 Å². The molecule has 202 valence electrons. The number of aromatic nitrogens is 4. The average Bonchev–Trinajstić information content (AvgIpc) is 3.37. The summed E-state index contributed by atoms with van der Waals surface area (Å²) in [5, 5.41) is 6.06. The van der Waals surface area contributed by atoms with Gasteiger partial charge < -0.3 is 10.1 Å². The summed E-state index contributed by atoms with van der Waals surface area (Å²) in [5.41, 5.74) is -4.84. The zero-order chi connectivity index (χ0) is 27.6. The highest BCUT2D eigenvalue weighted by Gasteiger charge is 2.62. The van der Waals surface area contributed by atoms with Crippen LogP contribution in [0.15, 0.2) is 42.0 Å². The number of anilines is 2. The number of nitrogens with zero attached hydrogens (tertiary/aromatic N) is 6. The van der Waals surface area contributed by atoms with Gasteiger partial charge in [-0.25, -0.2) is 14.3 Å². The normalized spacial score (nSPS) is 20.1. The maximum absolute atomic E-state index is 14.5. The summed E-state index contributed by atoms with van der Waals surface area (Å²) in [4.78, 5) is 32.4. The van der Waals surface area contributed by atoms with Gasteiger partial charge in [0.1, 0.15) is 11.5 Å². The van der Waals surface area contributed by atoms with E-state index in [-0.39, 0.29) is 26.7 Å². The molecule has 3 aromatic heterocycles. The predicted octanol–water partition coefficient (Wildman–Crippen LogP) is 3.67. The van der Waals surface area contributed by atoms with E-state index in [1.54, 1.807) is 7.05 Å². The quantitative estimate of drug-likeness (QED) is 0.378. The van der Waals surface area contributed by atoms with Crippen LogP contribution in [-0.4, -0.2) is 69.1 Å². The van der Waals surface area contributed by atoms with E-state index in [0.29, 0.717) is 25.4 Å². The van der Waals surface area contributed by atoms with Gasteiger partial charge in [0.25, 0.3) is 5.56 Å². The third kappa shape index (κ3) is 4.05. The Labute approximate surface area is 215 Å². The van der Waals surface area contributed by atoms with E-state index >= 15 is 0 Å². The van der Waals surface area contributed by atoms with Crippen molar-refractivity contribution in [2.45, 2.75) is 24.2 Å². The second-order valence-corrected chi connectivity index (χ2v) is 9.35. The summed E-state index contributed by atoms with van der Waals surface area (Å²) in [6.07, 6.45) is -2.94. The van der Waals surface area contributed by atoms with Crippen molar-refractivity contribution in [3.8, 4) is 5.75 Å². The van der Waals surface area contributed by atoms with Gasteiger partial charge in [0.15, 0.2) is 16.5 Å². The lowest BCUT2D eigenvalue weighted by molar-refractivity contribution is -0.172. The first kappa shape index (κ1) is 25.9. The Morgan fingerprint density at radius 3 is 2.66 bits per heavy atom. The lowest BCUT2D eigenvalue weighted by atomic mass is 9.85. The lowest BCUT2D eigenvalue weighted by Crippen LogP contribution is -2.52. The fourth-order valence-electron chi connectivity index (χ4n) is 4.56. The van der Waals surface area contributed by atoms with Crippen LogP contribution in [0.5, 0.6) is 5.75 Å². The third-order valence-electron chi connectivity index (χ3n) is 6.45. The van der Waals surface area contributed by atoms with Crippen LogP contribution in [0.4, 0.5) is 38.1 Å². The first-order valence-electron chi connectivity index (χ1n) is 11.1. The van der Waals surface area contributed by atoms with E-state index in [9.17, 15) is 31.5 Å². The monoisotopic (exact) mass is 559 g/mol. The molecule has 38 heavy (non-hydrogen) atoms. The van der Waals surface area contributed by atoms with Crippen molar-refractivity contribution in [2.24, 2.45) is 0 Å². The van der Waals surface area contributed by atoms with Gasteiger partial charge >= 0.3 is 18.8 Å². The van der Waals surface area contributed by atoms with Crippen molar-refractivity contribution in [3.63, 3.8) is 0 Å². The average molecular weight is 560 g/mol. The van der Waals surface area contributed by atoms with Crippen LogP contribution in [0.2, 0.25) is 5.15 Å². The van der Waals surface area contributed by atoms with Crippen molar-refractivity contribution >= 4 is 34.7 Å². The van der Waals surface area contributed by atoms with Gasteiger partial charge in [0, 0.05) is 31.4 Å². The molecule has 16 heteroatoms. The van der Waals surface area contributed by atoms with E-state index in [1.807, 2.05) is 4.90 Å². The highest BCUT2D eigenvalue weighted by atomic mass is 35.5. The minimum Gasteiger partial charge on any atom is -0.482 e. The molecule has 3 aromatic rings. The molecule has 5 heterocycles. The van der Waals surface area contributed by atoms with Crippen molar-refractivity contribution < 1.29 is 31.5 Å². The molecule has 10 nitrogen and oxygen atoms in total. The van der Waals surface area contributed by atoms with Crippen molar-refractivity contribution in [1.82, 2.24) is 24.1 Å². The number of carbonyl (C=O) groups is 1. The van der Waals surface area contributed by atoms with Crippen LogP contribution in [0.25, 0.3) is 5.65 Å². The molecule has 5 rings (SSSR count). The van der Waals surface area contributed by atoms with E-state index in [1.165, 1.54) is 6.07 Å². The lowest BCUT2D eigenvalue weighted by Gasteiger charge is -2.35. The minimum atomic E-state index is -4.91. The number of urea groups is 1. The number of pyridine rings is 1. The highest BCUT2D eigenvalue weighted by Crippen LogP contribution is 2.51. The van der Waals surface area contributed by atoms with Gasteiger partial charge in [-0.2, -0.15) is 27.1 Å². The maximum Gasteiger partial charge on any atom is 0.405 e. The van der Waals surface area contributed by atoms with Gasteiger partial charge in [-0.15, -0.1) is 6.58 Å². The number of hydrogen-bond donors (Lipinski definition) is 1. The summed E-state index contributed by atoms with van der Waals surface area (Å²) in [5.74, 6) is -0.437. The molecule has 1 atom stereocenters. The molecule has 0 unspecified atom stereocenters. The number of hydrogen-bond acceptors (Lipinski definition) is 6. The van der Waals surface area contributed by atoms with E-state index in [4.69, 9.17) is 16.3 Å². The van der Waals surface area contributed by atoms with Gasteiger partial charge in [0.05, 0.1) is 29.8 Å². The molecular formula is C22H19ClF5N7O3. The predicted molar refractivity (Wildman–Crippen MR) is 126 cm³/mol. The number of likely N-dealkylation sites (N-methyl/N-ethyl adjacent to an activating group) is 1. The molecule has 0 bridgehead atoms. The Hall–Kier alpha value is -3.72. The van der Waals surface area contributed by atoms with Crippen LogP contribution < -0.4 is 20.5 Å². The summed E-state index contributed by atoms with van der Waals surface area (Å²) < 4.78 is 77.0. The smallest absolute Gasteiger partial charge is 0.405 e. The largest absolute Gasteiger partial charge is 0.482 e. The molecule has 2 amide bonds. The summed E-state index contributed by atoms with van der Waals surface area (Å²) in [7, 11) is 1.80. The number of halogens is 6. The zero-order valence-corrected chi connectivity index (χ0v) is 20.3. The number of amides is 2. The Kier molecular flexibility index (Phi) is 6.10. The van der Waals surface area contributed by atoms with Crippen molar-refractivity contribution in [2.75, 3.05) is 36.9 Å². The van der Waals surface area contributed by atoms with Gasteiger partial charge in [0.2, 0.25) is 0 Å². The second kappa shape index (κ2) is 8.94.